The fourth-order valence-corrected chi connectivity index (χ4v) is 5.06. The summed E-state index contributed by atoms with van der Waals surface area (Å²) >= 11 is 6.61. The number of carbonyl (C=O) groups excluding carboxylic acids is 1. The summed E-state index contributed by atoms with van der Waals surface area (Å²) in [5.74, 6) is -0.286. The standard InChI is InChI=1S/C20H24ClN3O4S/c1-23(12-6-7-12)10-14-15(29(3,27)28)9-8-13(17(14)21)19(25)16-18(11-4-5-11)22-24(2)20(16)26/h8-9,11-12,22H,4-7,10H2,1-3H3. The molecular formula is C20H24ClN3O4S. The molecular weight excluding hydrogens is 414 g/mol. The Morgan fingerprint density at radius 1 is 1.28 bits per heavy atom. The second kappa shape index (κ2) is 7.11. The number of carbonyl (C=O) groups is 1. The van der Waals surface area contributed by atoms with Gasteiger partial charge in [-0.25, -0.2) is 8.42 Å². The van der Waals surface area contributed by atoms with E-state index in [1.807, 2.05) is 7.05 Å². The Kier molecular flexibility index (Phi) is 4.99. The molecule has 2 aliphatic rings. The number of sulfone groups is 1. The van der Waals surface area contributed by atoms with Gasteiger partial charge in [0.1, 0.15) is 5.56 Å². The van der Waals surface area contributed by atoms with Crippen molar-refractivity contribution in [3.63, 3.8) is 0 Å². The van der Waals surface area contributed by atoms with Gasteiger partial charge < -0.3 is 0 Å². The minimum atomic E-state index is -3.52. The summed E-state index contributed by atoms with van der Waals surface area (Å²) in [6, 6.07) is 3.25. The second-order valence-corrected chi connectivity index (χ2v) is 10.6. The fourth-order valence-electron chi connectivity index (χ4n) is 3.76. The maximum absolute atomic E-state index is 13.3. The number of nitrogens with one attached hydrogen (secondary N) is 1. The van der Waals surface area contributed by atoms with Crippen LogP contribution in [0.3, 0.4) is 0 Å². The molecule has 0 radical (unpaired) electrons. The molecule has 0 saturated heterocycles. The van der Waals surface area contributed by atoms with Crippen LogP contribution >= 0.6 is 11.6 Å². The number of nitrogens with zero attached hydrogens (tertiary/aromatic N) is 2. The Balaban J connectivity index is 1.82. The lowest BCUT2D eigenvalue weighted by Crippen LogP contribution is -2.23. The normalized spacial score (nSPS) is 17.1. The Morgan fingerprint density at radius 3 is 2.48 bits per heavy atom. The maximum Gasteiger partial charge on any atom is 0.277 e. The van der Waals surface area contributed by atoms with Crippen molar-refractivity contribution in [3.05, 3.63) is 49.9 Å². The van der Waals surface area contributed by atoms with Crippen LogP contribution in [-0.4, -0.2) is 48.2 Å². The molecule has 0 atom stereocenters. The molecule has 2 aliphatic carbocycles. The van der Waals surface area contributed by atoms with Crippen molar-refractivity contribution in [3.8, 4) is 0 Å². The predicted molar refractivity (Wildman–Crippen MR) is 110 cm³/mol. The lowest BCUT2D eigenvalue weighted by atomic mass is 9.99. The molecule has 156 valence electrons. The van der Waals surface area contributed by atoms with Crippen LogP contribution in [0.1, 0.15) is 58.8 Å². The third-order valence-electron chi connectivity index (χ3n) is 5.71. The van der Waals surface area contributed by atoms with E-state index in [0.29, 0.717) is 23.8 Å². The Bertz CT molecular complexity index is 1160. The SMILES string of the molecule is CN(Cc1c(S(C)(=O)=O)ccc(C(=O)c2c(C3CC3)[nH]n(C)c2=O)c1Cl)C1CC1. The monoisotopic (exact) mass is 437 g/mol. The number of aromatic nitrogens is 2. The van der Waals surface area contributed by atoms with Crippen molar-refractivity contribution < 1.29 is 13.2 Å². The molecule has 1 N–H and O–H groups in total. The van der Waals surface area contributed by atoms with Crippen LogP contribution in [-0.2, 0) is 23.4 Å². The van der Waals surface area contributed by atoms with Crippen LogP contribution in [0.5, 0.6) is 0 Å². The van der Waals surface area contributed by atoms with Crippen LogP contribution in [0.15, 0.2) is 21.8 Å². The summed E-state index contributed by atoms with van der Waals surface area (Å²) in [4.78, 5) is 28.1. The molecule has 1 aromatic carbocycles. The van der Waals surface area contributed by atoms with E-state index in [0.717, 1.165) is 31.9 Å². The lowest BCUT2D eigenvalue weighted by molar-refractivity contribution is 0.103. The number of benzene rings is 1. The summed E-state index contributed by atoms with van der Waals surface area (Å²) < 4.78 is 25.9. The first kappa shape index (κ1) is 20.4. The van der Waals surface area contributed by atoms with Crippen molar-refractivity contribution in [1.82, 2.24) is 14.7 Å². The van der Waals surface area contributed by atoms with Gasteiger partial charge in [0.05, 0.1) is 15.6 Å². The van der Waals surface area contributed by atoms with Crippen LogP contribution in [0.2, 0.25) is 5.02 Å². The largest absolute Gasteiger partial charge is 0.299 e. The highest BCUT2D eigenvalue weighted by molar-refractivity contribution is 7.90. The number of aromatic amines is 1. The lowest BCUT2D eigenvalue weighted by Gasteiger charge is -2.20. The van der Waals surface area contributed by atoms with Gasteiger partial charge in [0.15, 0.2) is 9.84 Å². The van der Waals surface area contributed by atoms with E-state index >= 15 is 0 Å². The zero-order valence-electron chi connectivity index (χ0n) is 16.7. The Hall–Kier alpha value is -1.90. The van der Waals surface area contributed by atoms with Gasteiger partial charge in [0, 0.05) is 42.9 Å². The van der Waals surface area contributed by atoms with Crippen LogP contribution in [0, 0.1) is 0 Å². The van der Waals surface area contributed by atoms with Crippen molar-refractivity contribution >= 4 is 27.2 Å². The first-order valence-electron chi connectivity index (χ1n) is 9.64. The molecule has 0 bridgehead atoms. The quantitative estimate of drug-likeness (QED) is 0.672. The number of aryl methyl sites for hydroxylation is 1. The van der Waals surface area contributed by atoms with E-state index in [1.165, 1.54) is 16.8 Å². The van der Waals surface area contributed by atoms with E-state index in [4.69, 9.17) is 11.6 Å². The van der Waals surface area contributed by atoms with E-state index in [-0.39, 0.29) is 27.0 Å². The van der Waals surface area contributed by atoms with Gasteiger partial charge in [-0.05, 0) is 44.9 Å². The number of hydrogen-bond donors (Lipinski definition) is 1. The molecule has 2 fully saturated rings. The number of hydrogen-bond acceptors (Lipinski definition) is 5. The summed E-state index contributed by atoms with van der Waals surface area (Å²) in [6.07, 6.45) is 5.11. The number of rotatable bonds is 7. The van der Waals surface area contributed by atoms with Crippen molar-refractivity contribution in [2.45, 2.75) is 49.1 Å². The fraction of sp³-hybridized carbons (Fsp3) is 0.500. The van der Waals surface area contributed by atoms with Gasteiger partial charge in [0.25, 0.3) is 5.56 Å². The van der Waals surface area contributed by atoms with E-state index in [9.17, 15) is 18.0 Å². The molecule has 9 heteroatoms. The van der Waals surface area contributed by atoms with Crippen molar-refractivity contribution in [1.29, 1.82) is 0 Å². The maximum atomic E-state index is 13.3. The van der Waals surface area contributed by atoms with Gasteiger partial charge in [-0.2, -0.15) is 0 Å². The number of H-pyrrole nitrogens is 1. The number of halogens is 1. The average molecular weight is 438 g/mol. The van der Waals surface area contributed by atoms with Gasteiger partial charge in [0.2, 0.25) is 5.78 Å². The van der Waals surface area contributed by atoms with Crippen molar-refractivity contribution in [2.75, 3.05) is 13.3 Å². The van der Waals surface area contributed by atoms with E-state index in [2.05, 4.69) is 10.00 Å². The molecule has 1 aromatic heterocycles. The summed E-state index contributed by atoms with van der Waals surface area (Å²) in [7, 11) is -0.0270. The van der Waals surface area contributed by atoms with E-state index in [1.54, 1.807) is 7.05 Å². The zero-order chi connectivity index (χ0) is 21.1. The summed E-state index contributed by atoms with van der Waals surface area (Å²) in [5.41, 5.74) is 0.927. The molecule has 7 nitrogen and oxygen atoms in total. The van der Waals surface area contributed by atoms with Gasteiger partial charge in [-0.1, -0.05) is 11.6 Å². The smallest absolute Gasteiger partial charge is 0.277 e. The molecule has 2 aromatic rings. The molecule has 0 aliphatic heterocycles. The van der Waals surface area contributed by atoms with E-state index < -0.39 is 21.2 Å². The molecule has 4 rings (SSSR count). The third-order valence-corrected chi connectivity index (χ3v) is 7.32. The van der Waals surface area contributed by atoms with Gasteiger partial charge in [-0.3, -0.25) is 24.3 Å². The van der Waals surface area contributed by atoms with Crippen molar-refractivity contribution in [2.24, 2.45) is 7.05 Å². The van der Waals surface area contributed by atoms with Gasteiger partial charge >= 0.3 is 0 Å². The average Bonchev–Trinajstić information content (AvgIpc) is 3.54. The Labute approximate surface area is 174 Å². The highest BCUT2D eigenvalue weighted by atomic mass is 35.5. The molecule has 0 spiro atoms. The first-order chi connectivity index (χ1) is 13.6. The van der Waals surface area contributed by atoms with Crippen LogP contribution < -0.4 is 5.56 Å². The number of ketones is 1. The van der Waals surface area contributed by atoms with Crippen LogP contribution in [0.25, 0.3) is 0 Å². The highest BCUT2D eigenvalue weighted by Gasteiger charge is 2.35. The molecule has 0 unspecified atom stereocenters. The minimum absolute atomic E-state index is 0.102. The molecule has 0 amide bonds. The minimum Gasteiger partial charge on any atom is -0.299 e. The zero-order valence-corrected chi connectivity index (χ0v) is 18.2. The molecule has 1 heterocycles. The Morgan fingerprint density at radius 2 is 1.93 bits per heavy atom. The summed E-state index contributed by atoms with van der Waals surface area (Å²) in [6.45, 7) is 0.327. The highest BCUT2D eigenvalue weighted by Crippen LogP contribution is 2.41. The van der Waals surface area contributed by atoms with Crippen LogP contribution in [0.4, 0.5) is 0 Å². The predicted octanol–water partition coefficient (Wildman–Crippen LogP) is 2.47. The molecule has 2 saturated carbocycles. The summed E-state index contributed by atoms with van der Waals surface area (Å²) in [5, 5.41) is 3.09. The third kappa shape index (κ3) is 3.81. The van der Waals surface area contributed by atoms with Gasteiger partial charge in [-0.15, -0.1) is 0 Å². The first-order valence-corrected chi connectivity index (χ1v) is 11.9. The topological polar surface area (TPSA) is 92.2 Å². The second-order valence-electron chi connectivity index (χ2n) is 8.19. The molecule has 29 heavy (non-hydrogen) atoms.